The average molecular weight is 109 g/mol. The van der Waals surface area contributed by atoms with Crippen molar-refractivity contribution >= 4 is 7.64 Å². The zero-order valence-electron chi connectivity index (χ0n) is 3.35. The molecule has 3 N–H and O–H groups in total. The monoisotopic (exact) mass is 109 g/mol. The Morgan fingerprint density at radius 3 is 2.50 bits per heavy atom. The summed E-state index contributed by atoms with van der Waals surface area (Å²) in [6.45, 7) is 0. The van der Waals surface area contributed by atoms with Crippen LogP contribution in [0, 0.1) is 0 Å². The molecular formula is C2H8NO2P. The van der Waals surface area contributed by atoms with E-state index < -0.39 is 7.64 Å². The number of hydrogen-bond donors (Lipinski definition) is 2. The van der Waals surface area contributed by atoms with Gasteiger partial charge in [0.1, 0.15) is 0 Å². The van der Waals surface area contributed by atoms with Crippen molar-refractivity contribution in [3.63, 3.8) is 0 Å². The van der Waals surface area contributed by atoms with Crippen LogP contribution in [-0.2, 0) is 4.52 Å². The molecular weight excluding hydrogens is 101 g/mol. The Kier molecular flexibility index (Phi) is 0.848. The molecule has 1 aliphatic heterocycles. The minimum absolute atomic E-state index is 0.0764. The third-order valence-electron chi connectivity index (χ3n) is 0.783. The molecule has 3 nitrogen and oxygen atoms in total. The first-order chi connectivity index (χ1) is 2.77. The van der Waals surface area contributed by atoms with Gasteiger partial charge in [-0.15, -0.1) is 0 Å². The van der Waals surface area contributed by atoms with Crippen molar-refractivity contribution in [3.05, 3.63) is 0 Å². The van der Waals surface area contributed by atoms with E-state index >= 15 is 0 Å². The van der Waals surface area contributed by atoms with Gasteiger partial charge in [0.2, 0.25) is 0 Å². The van der Waals surface area contributed by atoms with Gasteiger partial charge in [0.05, 0.1) is 0 Å². The summed E-state index contributed by atoms with van der Waals surface area (Å²) in [5.74, 6) is 0. The van der Waals surface area contributed by atoms with Crippen molar-refractivity contribution in [1.82, 2.24) is 0 Å². The molecule has 0 aliphatic carbocycles. The van der Waals surface area contributed by atoms with E-state index in [0.717, 1.165) is 0 Å². The molecule has 4 heteroatoms. The first-order valence-corrected chi connectivity index (χ1v) is 4.20. The van der Waals surface area contributed by atoms with Crippen LogP contribution in [-0.4, -0.2) is 17.8 Å². The Hall–Kier alpha value is 0.310. The van der Waals surface area contributed by atoms with Gasteiger partial charge in [-0.2, -0.15) is 0 Å². The second-order valence-electron chi connectivity index (χ2n) is 1.51. The van der Waals surface area contributed by atoms with E-state index in [1.165, 1.54) is 0 Å². The van der Waals surface area contributed by atoms with E-state index in [9.17, 15) is 0 Å². The van der Waals surface area contributed by atoms with Crippen LogP contribution in [0.15, 0.2) is 0 Å². The van der Waals surface area contributed by atoms with Gasteiger partial charge in [-0.3, -0.25) is 0 Å². The van der Waals surface area contributed by atoms with E-state index in [1.807, 2.05) is 0 Å². The number of nitrogens with two attached hydrogens (primary N) is 1. The van der Waals surface area contributed by atoms with Crippen LogP contribution in [0.2, 0.25) is 0 Å². The summed E-state index contributed by atoms with van der Waals surface area (Å²) in [6, 6.07) is 0. The predicted molar refractivity (Wildman–Crippen MR) is 25.5 cm³/mol. The van der Waals surface area contributed by atoms with Gasteiger partial charge in [-0.05, 0) is 0 Å². The summed E-state index contributed by atoms with van der Waals surface area (Å²) in [5, 5.41) is 8.28. The molecule has 1 rings (SSSR count). The zero-order valence-corrected chi connectivity index (χ0v) is 4.35. The van der Waals surface area contributed by atoms with Gasteiger partial charge in [0, 0.05) is 0 Å². The van der Waals surface area contributed by atoms with Gasteiger partial charge in [-0.1, -0.05) is 0 Å². The van der Waals surface area contributed by atoms with Crippen LogP contribution in [0.25, 0.3) is 0 Å². The molecule has 1 saturated heterocycles. The van der Waals surface area contributed by atoms with Crippen LogP contribution < -0.4 is 5.50 Å². The molecule has 38 valence electrons. The topological polar surface area (TPSA) is 58.8 Å². The molecule has 0 unspecified atom stereocenters. The second kappa shape index (κ2) is 1.14. The summed E-state index contributed by atoms with van der Waals surface area (Å²) >= 11 is 0. The predicted octanol–water partition coefficient (Wildman–Crippen LogP) is -0.537. The molecule has 0 saturated carbocycles. The van der Waals surface area contributed by atoms with Crippen LogP contribution in [0.3, 0.4) is 0 Å². The Bertz CT molecular complexity index is 62.6. The van der Waals surface area contributed by atoms with Gasteiger partial charge in [0.15, 0.2) is 0 Å². The summed E-state index contributed by atoms with van der Waals surface area (Å²) < 4.78 is 4.71. The van der Waals surface area contributed by atoms with E-state index in [-0.39, 0.29) is 6.35 Å². The van der Waals surface area contributed by atoms with Gasteiger partial charge in [0.25, 0.3) is 0 Å². The fourth-order valence-electron chi connectivity index (χ4n) is 0.184. The van der Waals surface area contributed by atoms with Crippen molar-refractivity contribution in [2.75, 3.05) is 12.7 Å². The molecule has 0 radical (unpaired) electrons. The Morgan fingerprint density at radius 1 is 2.00 bits per heavy atom. The molecule has 0 atom stereocenters. The number of rotatable bonds is 1. The van der Waals surface area contributed by atoms with Crippen molar-refractivity contribution in [1.29, 1.82) is 0 Å². The molecule has 0 aromatic carbocycles. The zero-order chi connectivity index (χ0) is 4.62. The van der Waals surface area contributed by atoms with Crippen molar-refractivity contribution in [3.8, 4) is 0 Å². The summed E-state index contributed by atoms with van der Waals surface area (Å²) in [5.41, 5.74) is 5.31. The quantitative estimate of drug-likeness (QED) is 0.351. The van der Waals surface area contributed by atoms with E-state index in [4.69, 9.17) is 15.1 Å². The van der Waals surface area contributed by atoms with E-state index in [0.29, 0.717) is 6.35 Å². The molecule has 1 aliphatic rings. The van der Waals surface area contributed by atoms with E-state index in [2.05, 4.69) is 0 Å². The van der Waals surface area contributed by atoms with E-state index in [1.54, 1.807) is 0 Å². The summed E-state index contributed by atoms with van der Waals surface area (Å²) in [7, 11) is -1.83. The fourth-order valence-corrected chi connectivity index (χ4v) is 1.11. The third-order valence-corrected chi connectivity index (χ3v) is 2.35. The molecule has 0 aromatic rings. The number of hydrogen-bond acceptors (Lipinski definition) is 3. The second-order valence-corrected chi connectivity index (χ2v) is 4.53. The Morgan fingerprint density at radius 2 is 2.50 bits per heavy atom. The maximum absolute atomic E-state index is 8.28. The van der Waals surface area contributed by atoms with Crippen molar-refractivity contribution < 1.29 is 9.63 Å². The van der Waals surface area contributed by atoms with Gasteiger partial charge >= 0.3 is 35.5 Å². The summed E-state index contributed by atoms with van der Waals surface area (Å²) in [6.07, 6.45) is 0.719. The molecule has 0 amide bonds. The number of aliphatic hydroxyl groups is 1. The standard InChI is InChI=1S/C2H8NO2P/c3-6(1-4)2-5-6/h4,6H,1-3H2. The minimum atomic E-state index is -1.83. The average Bonchev–Trinajstić information content (AvgIpc) is 2.22. The van der Waals surface area contributed by atoms with Crippen molar-refractivity contribution in [2.45, 2.75) is 0 Å². The normalized spacial score (nSPS) is 32.3. The van der Waals surface area contributed by atoms with Gasteiger partial charge in [-0.25, -0.2) is 0 Å². The molecule has 1 fully saturated rings. The maximum atomic E-state index is 8.28. The number of aliphatic hydroxyl groups excluding tert-OH is 1. The molecule has 0 spiro atoms. The molecule has 1 heterocycles. The van der Waals surface area contributed by atoms with Crippen LogP contribution in [0.1, 0.15) is 0 Å². The third kappa shape index (κ3) is 0.684. The van der Waals surface area contributed by atoms with Crippen LogP contribution in [0.5, 0.6) is 0 Å². The van der Waals surface area contributed by atoms with Crippen LogP contribution >= 0.6 is 7.64 Å². The first-order valence-electron chi connectivity index (χ1n) is 1.80. The molecule has 6 heavy (non-hydrogen) atoms. The molecule has 0 aromatic heterocycles. The Balaban J connectivity index is 2.28. The fraction of sp³-hybridized carbons (Fsp3) is 1.00. The summed E-state index contributed by atoms with van der Waals surface area (Å²) in [4.78, 5) is 0. The SMILES string of the molecule is N[PH]1(CO)CO1. The Labute approximate surface area is 36.6 Å². The van der Waals surface area contributed by atoms with Crippen LogP contribution in [0.4, 0.5) is 0 Å². The molecule has 0 bridgehead atoms. The first kappa shape index (κ1) is 4.47. The van der Waals surface area contributed by atoms with Gasteiger partial charge < -0.3 is 0 Å². The van der Waals surface area contributed by atoms with Crippen molar-refractivity contribution in [2.24, 2.45) is 5.50 Å².